The predicted molar refractivity (Wildman–Crippen MR) is 106 cm³/mol. The van der Waals surface area contributed by atoms with Crippen LogP contribution in [0.4, 0.5) is 4.79 Å². The molecule has 0 unspecified atom stereocenters. The van der Waals surface area contributed by atoms with E-state index in [4.69, 9.17) is 25.8 Å². The van der Waals surface area contributed by atoms with Crippen molar-refractivity contribution < 1.29 is 23.8 Å². The third-order valence-corrected chi connectivity index (χ3v) is 5.06. The fraction of sp³-hybridized carbons (Fsp3) is 0.250. The Bertz CT molecular complexity index is 1010. The van der Waals surface area contributed by atoms with Crippen LogP contribution in [0, 0.1) is 0 Å². The largest absolute Gasteiger partial charge is 0.497 e. The standard InChI is InChI=1S/C20H18ClN3O5/c1-20(13-3-5-14(27-2)6-4-13)18(25)24(19(26)23-20)22-11-12-9-15(21)17-16(10-12)28-7-8-29-17/h3-6,9-11H,7-8H2,1-2H3,(H,23,26)/b22-11-/t20-/m1/s1. The highest BCUT2D eigenvalue weighted by molar-refractivity contribution is 6.32. The highest BCUT2D eigenvalue weighted by Gasteiger charge is 2.49. The van der Waals surface area contributed by atoms with Crippen molar-refractivity contribution in [3.63, 3.8) is 0 Å². The number of carbonyl (C=O) groups excluding carboxylic acids is 2. The number of hydrogen-bond acceptors (Lipinski definition) is 6. The Morgan fingerprint density at radius 2 is 1.93 bits per heavy atom. The zero-order chi connectivity index (χ0) is 20.6. The molecular weight excluding hydrogens is 398 g/mol. The highest BCUT2D eigenvalue weighted by Crippen LogP contribution is 2.38. The van der Waals surface area contributed by atoms with Crippen LogP contribution in [0.1, 0.15) is 18.1 Å². The summed E-state index contributed by atoms with van der Waals surface area (Å²) < 4.78 is 16.1. The van der Waals surface area contributed by atoms with Crippen LogP contribution >= 0.6 is 11.6 Å². The summed E-state index contributed by atoms with van der Waals surface area (Å²) in [5, 5.41) is 7.93. The Labute approximate surface area is 172 Å². The number of imide groups is 1. The monoisotopic (exact) mass is 415 g/mol. The Kier molecular flexibility index (Phi) is 4.79. The molecule has 1 saturated heterocycles. The molecule has 1 fully saturated rings. The average molecular weight is 416 g/mol. The summed E-state index contributed by atoms with van der Waals surface area (Å²) >= 11 is 6.21. The van der Waals surface area contributed by atoms with Crippen LogP contribution in [-0.4, -0.2) is 43.5 Å². The molecule has 0 spiro atoms. The molecule has 2 aliphatic rings. The molecule has 3 amide bonds. The second-order valence-electron chi connectivity index (χ2n) is 6.67. The number of ether oxygens (including phenoxy) is 3. The molecular formula is C20H18ClN3O5. The molecule has 29 heavy (non-hydrogen) atoms. The first-order chi connectivity index (χ1) is 13.9. The number of rotatable bonds is 4. The van der Waals surface area contributed by atoms with Crippen LogP contribution in [0.15, 0.2) is 41.5 Å². The minimum atomic E-state index is -1.23. The maximum Gasteiger partial charge on any atom is 0.346 e. The summed E-state index contributed by atoms with van der Waals surface area (Å²) in [6.07, 6.45) is 1.38. The first-order valence-corrected chi connectivity index (χ1v) is 9.24. The fourth-order valence-electron chi connectivity index (χ4n) is 3.18. The minimum Gasteiger partial charge on any atom is -0.497 e. The summed E-state index contributed by atoms with van der Waals surface area (Å²) in [5.74, 6) is 1.12. The van der Waals surface area contributed by atoms with Crippen molar-refractivity contribution in [3.8, 4) is 17.2 Å². The number of halogens is 1. The van der Waals surface area contributed by atoms with E-state index in [0.717, 1.165) is 5.01 Å². The van der Waals surface area contributed by atoms with E-state index in [0.29, 0.717) is 46.6 Å². The molecule has 0 aliphatic carbocycles. The maximum atomic E-state index is 12.9. The van der Waals surface area contributed by atoms with Crippen LogP contribution in [0.3, 0.4) is 0 Å². The predicted octanol–water partition coefficient (Wildman–Crippen LogP) is 2.92. The van der Waals surface area contributed by atoms with Crippen LogP contribution in [0.25, 0.3) is 0 Å². The number of fused-ring (bicyclic) bond motifs is 1. The van der Waals surface area contributed by atoms with Crippen molar-refractivity contribution in [2.45, 2.75) is 12.5 Å². The quantitative estimate of drug-likeness (QED) is 0.612. The van der Waals surface area contributed by atoms with Crippen molar-refractivity contribution in [1.29, 1.82) is 0 Å². The third-order valence-electron chi connectivity index (χ3n) is 4.78. The number of nitrogens with zero attached hydrogens (tertiary/aromatic N) is 2. The van der Waals surface area contributed by atoms with Gasteiger partial charge in [-0.3, -0.25) is 4.79 Å². The molecule has 2 aromatic rings. The second kappa shape index (κ2) is 7.29. The zero-order valence-corrected chi connectivity index (χ0v) is 16.5. The van der Waals surface area contributed by atoms with E-state index in [-0.39, 0.29) is 0 Å². The van der Waals surface area contributed by atoms with Gasteiger partial charge in [-0.15, -0.1) is 5.01 Å². The van der Waals surface area contributed by atoms with E-state index >= 15 is 0 Å². The SMILES string of the molecule is COc1ccc([C@@]2(C)NC(=O)N(/N=C\c3cc(Cl)c4c(c3)OCCO4)C2=O)cc1. The smallest absolute Gasteiger partial charge is 0.346 e. The summed E-state index contributed by atoms with van der Waals surface area (Å²) in [4.78, 5) is 25.3. The van der Waals surface area contributed by atoms with Gasteiger partial charge in [0, 0.05) is 0 Å². The number of hydrazone groups is 1. The lowest BCUT2D eigenvalue weighted by molar-refractivity contribution is -0.131. The van der Waals surface area contributed by atoms with Gasteiger partial charge in [-0.05, 0) is 42.3 Å². The van der Waals surface area contributed by atoms with Gasteiger partial charge in [-0.25, -0.2) is 4.79 Å². The van der Waals surface area contributed by atoms with Gasteiger partial charge >= 0.3 is 6.03 Å². The van der Waals surface area contributed by atoms with E-state index in [1.165, 1.54) is 6.21 Å². The number of hydrogen-bond donors (Lipinski definition) is 1. The lowest BCUT2D eigenvalue weighted by Crippen LogP contribution is -2.40. The van der Waals surface area contributed by atoms with Crippen molar-refractivity contribution >= 4 is 29.8 Å². The van der Waals surface area contributed by atoms with E-state index in [1.807, 2.05) is 0 Å². The second-order valence-corrected chi connectivity index (χ2v) is 7.08. The van der Waals surface area contributed by atoms with Gasteiger partial charge in [-0.1, -0.05) is 23.7 Å². The van der Waals surface area contributed by atoms with Crippen LogP contribution in [0.2, 0.25) is 5.02 Å². The summed E-state index contributed by atoms with van der Waals surface area (Å²) in [5.41, 5.74) is -0.0415. The molecule has 1 atom stereocenters. The van der Waals surface area contributed by atoms with Crippen LogP contribution < -0.4 is 19.5 Å². The molecule has 9 heteroatoms. The average Bonchev–Trinajstić information content (AvgIpc) is 2.95. The molecule has 1 N–H and O–H groups in total. The molecule has 0 saturated carbocycles. The molecule has 0 aromatic heterocycles. The van der Waals surface area contributed by atoms with E-state index in [9.17, 15) is 9.59 Å². The molecule has 150 valence electrons. The van der Waals surface area contributed by atoms with Crippen LogP contribution in [0.5, 0.6) is 17.2 Å². The Morgan fingerprint density at radius 1 is 1.21 bits per heavy atom. The van der Waals surface area contributed by atoms with Crippen molar-refractivity contribution in [1.82, 2.24) is 10.3 Å². The lowest BCUT2D eigenvalue weighted by Gasteiger charge is -2.21. The van der Waals surface area contributed by atoms with Gasteiger partial charge in [-0.2, -0.15) is 5.10 Å². The molecule has 2 aliphatic heterocycles. The highest BCUT2D eigenvalue weighted by atomic mass is 35.5. The minimum absolute atomic E-state index is 0.365. The summed E-state index contributed by atoms with van der Waals surface area (Å²) in [7, 11) is 1.56. The van der Waals surface area contributed by atoms with Gasteiger partial charge < -0.3 is 19.5 Å². The van der Waals surface area contributed by atoms with E-state index in [2.05, 4.69) is 10.4 Å². The lowest BCUT2D eigenvalue weighted by atomic mass is 9.92. The first kappa shape index (κ1) is 19.1. The fourth-order valence-corrected chi connectivity index (χ4v) is 3.45. The maximum absolute atomic E-state index is 12.9. The molecule has 0 bridgehead atoms. The van der Waals surface area contributed by atoms with Gasteiger partial charge in [0.25, 0.3) is 5.91 Å². The Morgan fingerprint density at radius 3 is 2.66 bits per heavy atom. The topological polar surface area (TPSA) is 89.5 Å². The number of urea groups is 1. The number of benzene rings is 2. The third kappa shape index (κ3) is 3.36. The number of amides is 3. The summed E-state index contributed by atoms with van der Waals surface area (Å²) in [6.45, 7) is 2.47. The molecule has 2 aromatic carbocycles. The van der Waals surface area contributed by atoms with Crippen LogP contribution in [-0.2, 0) is 10.3 Å². The van der Waals surface area contributed by atoms with Gasteiger partial charge in [0.1, 0.15) is 24.5 Å². The normalized spacial score (nSPS) is 20.9. The number of carbonyl (C=O) groups is 2. The Balaban J connectivity index is 1.58. The molecule has 0 radical (unpaired) electrons. The number of methoxy groups -OCH3 is 1. The molecule has 2 heterocycles. The van der Waals surface area contributed by atoms with Gasteiger partial charge in [0.2, 0.25) is 0 Å². The molecule has 8 nitrogen and oxygen atoms in total. The number of nitrogens with one attached hydrogen (secondary N) is 1. The van der Waals surface area contributed by atoms with Gasteiger partial charge in [0.15, 0.2) is 11.5 Å². The zero-order valence-electron chi connectivity index (χ0n) is 15.8. The summed E-state index contributed by atoms with van der Waals surface area (Å²) in [6, 6.07) is 9.60. The van der Waals surface area contributed by atoms with E-state index < -0.39 is 17.5 Å². The van der Waals surface area contributed by atoms with Crippen molar-refractivity contribution in [2.75, 3.05) is 20.3 Å². The van der Waals surface area contributed by atoms with E-state index in [1.54, 1.807) is 50.4 Å². The first-order valence-electron chi connectivity index (χ1n) is 8.87. The van der Waals surface area contributed by atoms with Crippen molar-refractivity contribution in [2.24, 2.45) is 5.10 Å². The molecule has 4 rings (SSSR count). The van der Waals surface area contributed by atoms with Crippen molar-refractivity contribution in [3.05, 3.63) is 52.5 Å². The Hall–Kier alpha value is -3.26. The van der Waals surface area contributed by atoms with Gasteiger partial charge in [0.05, 0.1) is 18.3 Å².